The number of hydrogen-bond donors (Lipinski definition) is 0. The van der Waals surface area contributed by atoms with Crippen molar-refractivity contribution in [3.05, 3.63) is 12.7 Å². The molecule has 0 heterocycles. The highest BCUT2D eigenvalue weighted by Crippen LogP contribution is 2.71. The molecular weight excluding hydrogens is 176 g/mol. The predicted molar refractivity (Wildman–Crippen MR) is 54.4 cm³/mol. The largest absolute Gasteiger partial charge is 0.545 e. The highest BCUT2D eigenvalue weighted by molar-refractivity contribution is 5.76. The fourth-order valence-corrected chi connectivity index (χ4v) is 2.52. The minimum atomic E-state index is -1.23. The molecular formula is C12H19O2-. The van der Waals surface area contributed by atoms with Gasteiger partial charge in [-0.1, -0.05) is 27.4 Å². The van der Waals surface area contributed by atoms with Crippen LogP contribution in [0.25, 0.3) is 0 Å². The summed E-state index contributed by atoms with van der Waals surface area (Å²) in [5.41, 5.74) is 1.42. The van der Waals surface area contributed by atoms with Crippen molar-refractivity contribution in [2.24, 2.45) is 16.7 Å². The summed E-state index contributed by atoms with van der Waals surface area (Å²) in [6.07, 6.45) is 5.21. The highest BCUT2D eigenvalue weighted by Gasteiger charge is 2.62. The zero-order valence-corrected chi connectivity index (χ0v) is 9.30. The molecule has 2 atom stereocenters. The lowest BCUT2D eigenvalue weighted by atomic mass is 9.78. The van der Waals surface area contributed by atoms with Crippen LogP contribution in [0.3, 0.4) is 0 Å². The van der Waals surface area contributed by atoms with Crippen molar-refractivity contribution in [1.29, 1.82) is 0 Å². The van der Waals surface area contributed by atoms with Crippen LogP contribution in [0.1, 0.15) is 40.0 Å². The normalized spacial score (nSPS) is 36.4. The monoisotopic (exact) mass is 195 g/mol. The molecule has 0 amide bonds. The van der Waals surface area contributed by atoms with Crippen molar-refractivity contribution in [2.75, 3.05) is 0 Å². The third-order valence-corrected chi connectivity index (χ3v) is 4.24. The molecule has 0 bridgehead atoms. The van der Waals surface area contributed by atoms with E-state index in [0.29, 0.717) is 5.41 Å². The molecule has 2 unspecified atom stereocenters. The number of carboxylic acid groups (broad SMARTS) is 1. The summed E-state index contributed by atoms with van der Waals surface area (Å²) in [7, 11) is 0. The number of carbonyl (C=O) groups is 1. The number of aliphatic carboxylic acids is 1. The van der Waals surface area contributed by atoms with E-state index in [-0.39, 0.29) is 0 Å². The van der Waals surface area contributed by atoms with Gasteiger partial charge in [-0.25, -0.2) is 0 Å². The number of carbonyl (C=O) groups excluding carboxylic acids is 1. The first-order valence-corrected chi connectivity index (χ1v) is 5.17. The lowest BCUT2D eigenvalue weighted by Crippen LogP contribution is -2.18. The Kier molecular flexibility index (Phi) is 2.75. The molecule has 14 heavy (non-hydrogen) atoms. The molecule has 80 valence electrons. The van der Waals surface area contributed by atoms with E-state index >= 15 is 0 Å². The molecule has 2 saturated carbocycles. The van der Waals surface area contributed by atoms with Crippen LogP contribution in [-0.2, 0) is 4.79 Å². The Hall–Kier alpha value is -0.790. The van der Waals surface area contributed by atoms with E-state index in [2.05, 4.69) is 27.4 Å². The second-order valence-corrected chi connectivity index (χ2v) is 5.26. The maximum atomic E-state index is 9.14. The molecule has 2 aliphatic carbocycles. The van der Waals surface area contributed by atoms with Crippen molar-refractivity contribution in [3.63, 3.8) is 0 Å². The van der Waals surface area contributed by atoms with Crippen LogP contribution in [0.15, 0.2) is 12.7 Å². The fourth-order valence-electron chi connectivity index (χ4n) is 2.52. The summed E-state index contributed by atoms with van der Waals surface area (Å²) in [6.45, 7) is 10.2. The molecule has 2 fully saturated rings. The highest BCUT2D eigenvalue weighted by atomic mass is 16.4. The van der Waals surface area contributed by atoms with Gasteiger partial charge in [0, 0.05) is 0 Å². The van der Waals surface area contributed by atoms with E-state index in [4.69, 9.17) is 9.90 Å². The van der Waals surface area contributed by atoms with Crippen molar-refractivity contribution >= 4 is 5.97 Å². The first kappa shape index (κ1) is 11.3. The summed E-state index contributed by atoms with van der Waals surface area (Å²) in [5.74, 6) is -0.127. The molecule has 2 heteroatoms. The van der Waals surface area contributed by atoms with Gasteiger partial charge < -0.3 is 9.90 Å². The van der Waals surface area contributed by atoms with Crippen molar-refractivity contribution in [2.45, 2.75) is 40.0 Å². The Bertz CT molecular complexity index is 250. The second kappa shape index (κ2) is 3.41. The van der Waals surface area contributed by atoms with Gasteiger partial charge in [0.25, 0.3) is 0 Å². The van der Waals surface area contributed by atoms with Gasteiger partial charge in [0.2, 0.25) is 0 Å². The SMILES string of the molecule is C=CC(=O)[O-].CC1(C)CCC2CC21C. The number of hydrogen-bond acceptors (Lipinski definition) is 2. The summed E-state index contributed by atoms with van der Waals surface area (Å²) in [6, 6.07) is 0. The first-order valence-electron chi connectivity index (χ1n) is 5.17. The van der Waals surface area contributed by atoms with E-state index in [1.54, 1.807) is 0 Å². The van der Waals surface area contributed by atoms with Gasteiger partial charge in [-0.2, -0.15) is 0 Å². The van der Waals surface area contributed by atoms with Gasteiger partial charge in [0.05, 0.1) is 5.97 Å². The van der Waals surface area contributed by atoms with Crippen molar-refractivity contribution < 1.29 is 9.90 Å². The van der Waals surface area contributed by atoms with Gasteiger partial charge in [-0.3, -0.25) is 0 Å². The van der Waals surface area contributed by atoms with E-state index in [9.17, 15) is 0 Å². The van der Waals surface area contributed by atoms with Gasteiger partial charge in [-0.05, 0) is 42.1 Å². The quantitative estimate of drug-likeness (QED) is 0.598. The molecule has 0 radical (unpaired) electrons. The van der Waals surface area contributed by atoms with Crippen molar-refractivity contribution in [1.82, 2.24) is 0 Å². The van der Waals surface area contributed by atoms with E-state index < -0.39 is 5.97 Å². The smallest absolute Gasteiger partial charge is 0.0636 e. The maximum Gasteiger partial charge on any atom is 0.0636 e. The summed E-state index contributed by atoms with van der Waals surface area (Å²) in [5, 5.41) is 9.14. The first-order chi connectivity index (χ1) is 6.33. The van der Waals surface area contributed by atoms with Gasteiger partial charge in [0.1, 0.15) is 0 Å². The Morgan fingerprint density at radius 3 is 2.07 bits per heavy atom. The average Bonchev–Trinajstić information content (AvgIpc) is 2.71. The average molecular weight is 195 g/mol. The van der Waals surface area contributed by atoms with Gasteiger partial charge >= 0.3 is 0 Å². The van der Waals surface area contributed by atoms with Crippen LogP contribution in [0.4, 0.5) is 0 Å². The fraction of sp³-hybridized carbons (Fsp3) is 0.750. The molecule has 2 aliphatic rings. The minimum absolute atomic E-state index is 0.664. The number of carboxylic acids is 1. The van der Waals surface area contributed by atoms with Crippen LogP contribution in [0.2, 0.25) is 0 Å². The molecule has 0 saturated heterocycles. The Morgan fingerprint density at radius 1 is 1.50 bits per heavy atom. The summed E-state index contributed by atoms with van der Waals surface area (Å²) >= 11 is 0. The molecule has 2 rings (SSSR count). The number of rotatable bonds is 1. The summed E-state index contributed by atoms with van der Waals surface area (Å²) < 4.78 is 0. The minimum Gasteiger partial charge on any atom is -0.545 e. The lowest BCUT2D eigenvalue weighted by Gasteiger charge is -2.27. The van der Waals surface area contributed by atoms with E-state index in [0.717, 1.165) is 17.4 Å². The van der Waals surface area contributed by atoms with Crippen LogP contribution in [0.5, 0.6) is 0 Å². The second-order valence-electron chi connectivity index (χ2n) is 5.26. The molecule has 2 nitrogen and oxygen atoms in total. The molecule has 0 aliphatic heterocycles. The topological polar surface area (TPSA) is 40.1 Å². The van der Waals surface area contributed by atoms with Crippen LogP contribution in [-0.4, -0.2) is 5.97 Å². The molecule has 0 aromatic rings. The molecule has 0 aromatic heterocycles. The molecule has 0 aromatic carbocycles. The van der Waals surface area contributed by atoms with Crippen LogP contribution >= 0.6 is 0 Å². The zero-order chi connectivity index (χ0) is 11.0. The third kappa shape index (κ3) is 1.84. The zero-order valence-electron chi connectivity index (χ0n) is 9.30. The van der Waals surface area contributed by atoms with Gasteiger partial charge in [-0.15, -0.1) is 0 Å². The van der Waals surface area contributed by atoms with Crippen molar-refractivity contribution in [3.8, 4) is 0 Å². The lowest BCUT2D eigenvalue weighted by molar-refractivity contribution is -0.297. The standard InChI is InChI=1S/C9H16.C3H4O2/c1-8(2)5-4-7-6-9(7,8)3;1-2-3(4)5/h7H,4-6H2,1-3H3;2H,1H2,(H,4,5)/p-1. The third-order valence-electron chi connectivity index (χ3n) is 4.24. The Balaban J connectivity index is 0.000000171. The Morgan fingerprint density at radius 2 is 2.00 bits per heavy atom. The van der Waals surface area contributed by atoms with Gasteiger partial charge in [0.15, 0.2) is 0 Å². The maximum absolute atomic E-state index is 9.14. The summed E-state index contributed by atoms with van der Waals surface area (Å²) in [4.78, 5) is 9.14. The van der Waals surface area contributed by atoms with E-state index in [1.165, 1.54) is 19.3 Å². The van der Waals surface area contributed by atoms with Crippen LogP contribution in [0, 0.1) is 16.7 Å². The predicted octanol–water partition coefficient (Wildman–Crippen LogP) is 1.75. The van der Waals surface area contributed by atoms with Crippen LogP contribution < -0.4 is 5.11 Å². The Labute approximate surface area is 86.0 Å². The van der Waals surface area contributed by atoms with E-state index in [1.807, 2.05) is 0 Å². The number of fused-ring (bicyclic) bond motifs is 1. The molecule has 0 N–H and O–H groups in total. The molecule has 0 spiro atoms.